The standard InChI is InChI=1S/C15H9N3O3/c19-15(20)13-7-12(18-21-13)8-3-4-11-10(6-8)9-2-1-5-16-14(9)17-11/h1-7H,(H,16,17)(H,19,20). The Morgan fingerprint density at radius 2 is 2.10 bits per heavy atom. The first-order valence-electron chi connectivity index (χ1n) is 6.29. The van der Waals surface area contributed by atoms with Crippen LogP contribution in [0.2, 0.25) is 0 Å². The summed E-state index contributed by atoms with van der Waals surface area (Å²) in [5.74, 6) is -1.31. The second kappa shape index (κ2) is 4.17. The van der Waals surface area contributed by atoms with E-state index in [1.54, 1.807) is 6.20 Å². The minimum atomic E-state index is -1.13. The lowest BCUT2D eigenvalue weighted by Gasteiger charge is -1.96. The van der Waals surface area contributed by atoms with Gasteiger partial charge in [0.2, 0.25) is 5.76 Å². The molecule has 0 saturated heterocycles. The molecule has 4 rings (SSSR count). The number of carbonyl (C=O) groups is 1. The zero-order valence-corrected chi connectivity index (χ0v) is 10.7. The predicted octanol–water partition coefficient (Wildman–Crippen LogP) is 3.07. The molecule has 0 aliphatic carbocycles. The number of hydrogen-bond acceptors (Lipinski definition) is 4. The van der Waals surface area contributed by atoms with Crippen molar-refractivity contribution in [2.75, 3.05) is 0 Å². The van der Waals surface area contributed by atoms with Crippen LogP contribution in [0.15, 0.2) is 47.1 Å². The fourth-order valence-corrected chi connectivity index (χ4v) is 2.40. The van der Waals surface area contributed by atoms with Crippen LogP contribution in [-0.2, 0) is 0 Å². The van der Waals surface area contributed by atoms with Crippen molar-refractivity contribution >= 4 is 27.9 Å². The van der Waals surface area contributed by atoms with Crippen molar-refractivity contribution in [2.24, 2.45) is 0 Å². The zero-order chi connectivity index (χ0) is 14.4. The van der Waals surface area contributed by atoms with Crippen LogP contribution in [0.5, 0.6) is 0 Å². The van der Waals surface area contributed by atoms with Crippen LogP contribution in [0.1, 0.15) is 10.6 Å². The van der Waals surface area contributed by atoms with Gasteiger partial charge in [-0.3, -0.25) is 0 Å². The van der Waals surface area contributed by atoms with Crippen LogP contribution in [-0.4, -0.2) is 26.2 Å². The van der Waals surface area contributed by atoms with Gasteiger partial charge >= 0.3 is 5.97 Å². The Balaban J connectivity index is 1.92. The van der Waals surface area contributed by atoms with Crippen LogP contribution in [0, 0.1) is 0 Å². The summed E-state index contributed by atoms with van der Waals surface area (Å²) < 4.78 is 4.79. The van der Waals surface area contributed by atoms with E-state index in [1.165, 1.54) is 6.07 Å². The third-order valence-electron chi connectivity index (χ3n) is 3.39. The van der Waals surface area contributed by atoms with Crippen molar-refractivity contribution in [3.05, 3.63) is 48.4 Å². The fraction of sp³-hybridized carbons (Fsp3) is 0. The van der Waals surface area contributed by atoms with Gasteiger partial charge in [0.15, 0.2) is 0 Å². The van der Waals surface area contributed by atoms with Gasteiger partial charge in [-0.15, -0.1) is 0 Å². The van der Waals surface area contributed by atoms with Gasteiger partial charge in [0, 0.05) is 34.1 Å². The molecule has 0 fully saturated rings. The second-order valence-corrected chi connectivity index (χ2v) is 4.67. The monoisotopic (exact) mass is 279 g/mol. The highest BCUT2D eigenvalue weighted by molar-refractivity contribution is 6.07. The predicted molar refractivity (Wildman–Crippen MR) is 76.1 cm³/mol. The van der Waals surface area contributed by atoms with Gasteiger partial charge in [-0.1, -0.05) is 11.2 Å². The molecule has 0 aliphatic heterocycles. The summed E-state index contributed by atoms with van der Waals surface area (Å²) in [6.07, 6.45) is 1.73. The topological polar surface area (TPSA) is 92.0 Å². The van der Waals surface area contributed by atoms with E-state index < -0.39 is 5.97 Å². The molecule has 0 saturated carbocycles. The number of fused-ring (bicyclic) bond motifs is 3. The van der Waals surface area contributed by atoms with Crippen molar-refractivity contribution < 1.29 is 14.4 Å². The van der Waals surface area contributed by atoms with E-state index in [4.69, 9.17) is 9.63 Å². The van der Waals surface area contributed by atoms with E-state index in [9.17, 15) is 4.79 Å². The molecule has 0 aliphatic rings. The summed E-state index contributed by atoms with van der Waals surface area (Å²) in [5, 5.41) is 14.7. The smallest absolute Gasteiger partial charge is 0.374 e. The molecule has 0 spiro atoms. The van der Waals surface area contributed by atoms with Gasteiger partial charge in [0.05, 0.1) is 0 Å². The SMILES string of the molecule is O=C(O)c1cc(-c2ccc3[nH]c4ncccc4c3c2)no1. The van der Waals surface area contributed by atoms with E-state index in [-0.39, 0.29) is 5.76 Å². The summed E-state index contributed by atoms with van der Waals surface area (Å²) in [6, 6.07) is 11.0. The molecule has 3 heterocycles. The van der Waals surface area contributed by atoms with Crippen LogP contribution in [0.3, 0.4) is 0 Å². The number of benzene rings is 1. The van der Waals surface area contributed by atoms with Crippen LogP contribution < -0.4 is 0 Å². The highest BCUT2D eigenvalue weighted by atomic mass is 16.5. The third-order valence-corrected chi connectivity index (χ3v) is 3.39. The number of rotatable bonds is 2. The average molecular weight is 279 g/mol. The van der Waals surface area contributed by atoms with Gasteiger partial charge < -0.3 is 14.6 Å². The number of aromatic amines is 1. The van der Waals surface area contributed by atoms with E-state index in [1.807, 2.05) is 30.3 Å². The third kappa shape index (κ3) is 1.77. The number of carboxylic acid groups (broad SMARTS) is 1. The number of H-pyrrole nitrogens is 1. The lowest BCUT2D eigenvalue weighted by molar-refractivity contribution is 0.0652. The number of aromatic carboxylic acids is 1. The molecule has 6 heteroatoms. The molecule has 0 atom stereocenters. The van der Waals surface area contributed by atoms with Crippen molar-refractivity contribution in [2.45, 2.75) is 0 Å². The lowest BCUT2D eigenvalue weighted by Crippen LogP contribution is -1.91. The number of hydrogen-bond donors (Lipinski definition) is 2. The maximum atomic E-state index is 10.8. The fourth-order valence-electron chi connectivity index (χ4n) is 2.40. The highest BCUT2D eigenvalue weighted by Gasteiger charge is 2.13. The molecule has 0 unspecified atom stereocenters. The Hall–Kier alpha value is -3.15. The van der Waals surface area contributed by atoms with Gasteiger partial charge in [-0.2, -0.15) is 0 Å². The maximum absolute atomic E-state index is 10.8. The normalized spacial score (nSPS) is 11.2. The number of nitrogens with zero attached hydrogens (tertiary/aromatic N) is 2. The quantitative estimate of drug-likeness (QED) is 0.588. The molecular weight excluding hydrogens is 270 g/mol. The van der Waals surface area contributed by atoms with Crippen LogP contribution in [0.25, 0.3) is 33.2 Å². The zero-order valence-electron chi connectivity index (χ0n) is 10.7. The van der Waals surface area contributed by atoms with Gasteiger partial charge in [-0.25, -0.2) is 9.78 Å². The van der Waals surface area contributed by atoms with Crippen molar-refractivity contribution in [3.8, 4) is 11.3 Å². The number of carboxylic acids is 1. The molecule has 2 N–H and O–H groups in total. The summed E-state index contributed by atoms with van der Waals surface area (Å²) in [4.78, 5) is 18.4. The highest BCUT2D eigenvalue weighted by Crippen LogP contribution is 2.28. The molecule has 102 valence electrons. The summed E-state index contributed by atoms with van der Waals surface area (Å²) >= 11 is 0. The number of aromatic nitrogens is 3. The molecule has 0 bridgehead atoms. The van der Waals surface area contributed by atoms with Crippen molar-refractivity contribution in [3.63, 3.8) is 0 Å². The summed E-state index contributed by atoms with van der Waals surface area (Å²) in [5.41, 5.74) is 3.07. The molecular formula is C15H9N3O3. The van der Waals surface area contributed by atoms with E-state index in [0.717, 1.165) is 27.5 Å². The molecule has 0 amide bonds. The first kappa shape index (κ1) is 11.7. The molecule has 21 heavy (non-hydrogen) atoms. The molecule has 1 aromatic carbocycles. The van der Waals surface area contributed by atoms with Gasteiger partial charge in [0.25, 0.3) is 0 Å². The van der Waals surface area contributed by atoms with Crippen molar-refractivity contribution in [1.29, 1.82) is 0 Å². The Labute approximate surface area is 118 Å². The Morgan fingerprint density at radius 1 is 1.19 bits per heavy atom. The lowest BCUT2D eigenvalue weighted by atomic mass is 10.1. The van der Waals surface area contributed by atoms with Gasteiger partial charge in [0.1, 0.15) is 11.3 Å². The summed E-state index contributed by atoms with van der Waals surface area (Å²) in [7, 11) is 0. The maximum Gasteiger partial charge on any atom is 0.374 e. The minimum absolute atomic E-state index is 0.175. The first-order chi connectivity index (χ1) is 10.2. The Morgan fingerprint density at radius 3 is 2.90 bits per heavy atom. The second-order valence-electron chi connectivity index (χ2n) is 4.67. The molecule has 4 aromatic rings. The van der Waals surface area contributed by atoms with Crippen LogP contribution in [0.4, 0.5) is 0 Å². The summed E-state index contributed by atoms with van der Waals surface area (Å²) in [6.45, 7) is 0. The van der Waals surface area contributed by atoms with Crippen LogP contribution >= 0.6 is 0 Å². The van der Waals surface area contributed by atoms with Gasteiger partial charge in [-0.05, 0) is 24.3 Å². The first-order valence-corrected chi connectivity index (χ1v) is 6.29. The molecule has 0 radical (unpaired) electrons. The minimum Gasteiger partial charge on any atom is -0.475 e. The van der Waals surface area contributed by atoms with Crippen molar-refractivity contribution in [1.82, 2.24) is 15.1 Å². The van der Waals surface area contributed by atoms with E-state index >= 15 is 0 Å². The number of nitrogens with one attached hydrogen (secondary N) is 1. The molecule has 6 nitrogen and oxygen atoms in total. The molecule has 3 aromatic heterocycles. The Bertz CT molecular complexity index is 984. The van der Waals surface area contributed by atoms with E-state index in [0.29, 0.717) is 5.69 Å². The average Bonchev–Trinajstić information content (AvgIpc) is 3.11. The van der Waals surface area contributed by atoms with E-state index in [2.05, 4.69) is 15.1 Å². The Kier molecular flexibility index (Phi) is 2.32. The largest absolute Gasteiger partial charge is 0.475 e. The number of pyridine rings is 1.